The van der Waals surface area contributed by atoms with Crippen LogP contribution in [0.5, 0.6) is 5.75 Å². The van der Waals surface area contributed by atoms with Crippen molar-refractivity contribution < 1.29 is 35.7 Å². The van der Waals surface area contributed by atoms with E-state index in [0.29, 0.717) is 0 Å². The van der Waals surface area contributed by atoms with Crippen LogP contribution in [0.3, 0.4) is 0 Å². The van der Waals surface area contributed by atoms with Gasteiger partial charge in [-0.1, -0.05) is 52.1 Å². The molecule has 0 aliphatic heterocycles. The van der Waals surface area contributed by atoms with Gasteiger partial charge in [0.2, 0.25) is 0 Å². The van der Waals surface area contributed by atoms with Gasteiger partial charge in [0, 0.05) is 58.9 Å². The number of rotatable bonds is 5. The summed E-state index contributed by atoms with van der Waals surface area (Å²) < 4.78 is 5.47. The summed E-state index contributed by atoms with van der Waals surface area (Å²) in [6, 6.07) is 15.9. The molecule has 1 heterocycles. The van der Waals surface area contributed by atoms with E-state index in [1.807, 2.05) is 32.4 Å². The van der Waals surface area contributed by atoms with Crippen molar-refractivity contribution in [2.75, 3.05) is 26.1 Å². The van der Waals surface area contributed by atoms with Crippen molar-refractivity contribution in [3.8, 4) is 28.1 Å². The molecule has 6 heteroatoms. The predicted octanol–water partition coefficient (Wildman–Crippen LogP) is 6.25. The topological polar surface area (TPSA) is 62.7 Å². The molecule has 34 heavy (non-hydrogen) atoms. The van der Waals surface area contributed by atoms with Gasteiger partial charge < -0.3 is 19.7 Å². The molecule has 184 valence electrons. The van der Waals surface area contributed by atoms with Crippen LogP contribution >= 0.6 is 0 Å². The van der Waals surface area contributed by atoms with E-state index in [4.69, 9.17) is 9.84 Å². The molecule has 3 rings (SSSR count). The molecule has 2 aromatic carbocycles. The number of aryl methyl sites for hydroxylation is 3. The number of ketones is 1. The number of carbonyl (C=O) groups is 1. The minimum absolute atomic E-state index is 0. The van der Waals surface area contributed by atoms with Crippen molar-refractivity contribution in [1.29, 1.82) is 0 Å². The van der Waals surface area contributed by atoms with Crippen LogP contribution in [0.15, 0.2) is 54.4 Å². The molecule has 0 atom stereocenters. The van der Waals surface area contributed by atoms with E-state index in [1.54, 1.807) is 7.11 Å². The third-order valence-electron chi connectivity index (χ3n) is 5.02. The molecule has 0 aliphatic rings. The molecular weight excluding hydrogens is 607 g/mol. The molecule has 5 nitrogen and oxygen atoms in total. The molecule has 0 amide bonds. The molecule has 0 unspecified atom stereocenters. The number of allylic oxidation sites excluding steroid dienone is 2. The van der Waals surface area contributed by atoms with Crippen LogP contribution in [-0.4, -0.2) is 37.1 Å². The Morgan fingerprint density at radius 2 is 1.71 bits per heavy atom. The molecule has 0 spiro atoms. The summed E-state index contributed by atoms with van der Waals surface area (Å²) in [6.07, 6.45) is 3.02. The molecule has 0 saturated heterocycles. The Bertz CT molecular complexity index is 1140. The number of anilines is 1. The molecule has 1 N–H and O–H groups in total. The first-order chi connectivity index (χ1) is 15.5. The zero-order valence-corrected chi connectivity index (χ0v) is 23.4. The second-order valence-electron chi connectivity index (χ2n) is 8.29. The summed E-state index contributed by atoms with van der Waals surface area (Å²) in [4.78, 5) is 16.7. The largest absolute Gasteiger partial charge is 0.540 e. The van der Waals surface area contributed by atoms with E-state index in [9.17, 15) is 4.79 Å². The number of carbonyl (C=O) groups excluding carboxylic acids is 1. The maximum absolute atomic E-state index is 10.0. The number of methoxy groups -OCH3 is 1. The monoisotopic (exact) mass is 640 g/mol. The number of aromatic nitrogens is 1. The van der Waals surface area contributed by atoms with Crippen LogP contribution in [0.4, 0.5) is 5.69 Å². The first-order valence-electron chi connectivity index (χ1n) is 10.7. The number of pyridine rings is 1. The van der Waals surface area contributed by atoms with Gasteiger partial charge in [-0.25, -0.2) is 0 Å². The maximum atomic E-state index is 10.0. The van der Waals surface area contributed by atoms with Gasteiger partial charge in [-0.2, -0.15) is 0 Å². The fourth-order valence-corrected chi connectivity index (χ4v) is 3.74. The summed E-state index contributed by atoms with van der Waals surface area (Å²) in [5.74, 6) is 0.736. The first-order valence-corrected chi connectivity index (χ1v) is 10.7. The fourth-order valence-electron chi connectivity index (χ4n) is 3.74. The van der Waals surface area contributed by atoms with Crippen LogP contribution in [0.2, 0.25) is 0 Å². The van der Waals surface area contributed by atoms with Gasteiger partial charge in [0.1, 0.15) is 0 Å². The van der Waals surface area contributed by atoms with Gasteiger partial charge in [-0.15, -0.1) is 17.7 Å². The molecule has 0 saturated carbocycles. The minimum Gasteiger partial charge on any atom is -0.540 e. The third-order valence-corrected chi connectivity index (χ3v) is 5.02. The minimum atomic E-state index is -0.125. The van der Waals surface area contributed by atoms with Gasteiger partial charge in [0.05, 0.1) is 12.9 Å². The van der Waals surface area contributed by atoms with E-state index in [-0.39, 0.29) is 32.6 Å². The normalized spacial score (nSPS) is 10.5. The Morgan fingerprint density at radius 3 is 2.18 bits per heavy atom. The van der Waals surface area contributed by atoms with Crippen LogP contribution in [0.1, 0.15) is 30.5 Å². The second kappa shape index (κ2) is 13.1. The maximum Gasteiger partial charge on any atom is 0.155 e. The van der Waals surface area contributed by atoms with Crippen LogP contribution < -0.4 is 9.64 Å². The molecule has 0 bridgehead atoms. The van der Waals surface area contributed by atoms with Gasteiger partial charge in [0.15, 0.2) is 5.78 Å². The van der Waals surface area contributed by atoms with Gasteiger partial charge in [0.25, 0.3) is 0 Å². The van der Waals surface area contributed by atoms with E-state index in [2.05, 4.69) is 61.0 Å². The van der Waals surface area contributed by atoms with Gasteiger partial charge >= 0.3 is 0 Å². The SMILES string of the molecule is CC(=O)/C=C(/C)O.COc1c[c-]c(-c2cc(N(C)C)ccn2)c(-c2c(C)cc(C)cc2C)c1.[Pt]. The van der Waals surface area contributed by atoms with Gasteiger partial charge in [-0.3, -0.25) is 4.79 Å². The number of benzene rings is 2. The summed E-state index contributed by atoms with van der Waals surface area (Å²) >= 11 is 0. The number of hydrogen-bond acceptors (Lipinski definition) is 5. The smallest absolute Gasteiger partial charge is 0.155 e. The molecular formula is C28H33N2O3Pt-. The van der Waals surface area contributed by atoms with E-state index in [1.165, 1.54) is 42.2 Å². The number of aliphatic hydroxyl groups is 1. The zero-order chi connectivity index (χ0) is 24.7. The van der Waals surface area contributed by atoms with Crippen molar-refractivity contribution >= 4 is 11.5 Å². The van der Waals surface area contributed by atoms with Crippen molar-refractivity contribution in [3.05, 3.63) is 77.2 Å². The Morgan fingerprint density at radius 1 is 1.09 bits per heavy atom. The number of ether oxygens (including phenoxy) is 1. The second-order valence-corrected chi connectivity index (χ2v) is 8.29. The van der Waals surface area contributed by atoms with Crippen LogP contribution in [-0.2, 0) is 25.9 Å². The summed E-state index contributed by atoms with van der Waals surface area (Å²) in [7, 11) is 5.75. The Hall–Kier alpha value is -2.91. The number of hydrogen-bond donors (Lipinski definition) is 1. The Labute approximate surface area is 217 Å². The first kappa shape index (κ1) is 29.1. The Balaban J connectivity index is 0.000000633. The van der Waals surface area contributed by atoms with Crippen molar-refractivity contribution in [1.82, 2.24) is 4.98 Å². The molecule has 3 aromatic rings. The van der Waals surface area contributed by atoms with Gasteiger partial charge in [-0.05, 0) is 46.4 Å². The molecule has 0 aliphatic carbocycles. The average molecular weight is 641 g/mol. The van der Waals surface area contributed by atoms with Crippen LogP contribution in [0.25, 0.3) is 22.4 Å². The van der Waals surface area contributed by atoms with E-state index >= 15 is 0 Å². The van der Waals surface area contributed by atoms with Crippen molar-refractivity contribution in [2.24, 2.45) is 0 Å². The van der Waals surface area contributed by atoms with E-state index in [0.717, 1.165) is 28.3 Å². The fraction of sp³-hybridized carbons (Fsp3) is 0.286. The Kier molecular flexibility index (Phi) is 11.2. The van der Waals surface area contributed by atoms with Crippen molar-refractivity contribution in [3.63, 3.8) is 0 Å². The zero-order valence-electron chi connectivity index (χ0n) is 21.1. The number of nitrogens with zero attached hydrogens (tertiary/aromatic N) is 2. The van der Waals surface area contributed by atoms with Crippen LogP contribution in [0, 0.1) is 26.8 Å². The molecule has 0 fully saturated rings. The standard InChI is InChI=1S/C23H25N2O.C5H8O2.Pt/c1-15-11-16(2)23(17(3)12-15)21-14-19(26-6)7-8-20(21)22-13-18(25(4)5)9-10-24-22;1-4(6)3-5(2)7;/h7,9-14H,1-6H3;3,6H,1-2H3;/q-1;;/b;4-3-;. The third kappa shape index (κ3) is 7.84. The summed E-state index contributed by atoms with van der Waals surface area (Å²) in [5.41, 5.74) is 9.09. The summed E-state index contributed by atoms with van der Waals surface area (Å²) in [5, 5.41) is 8.36. The molecule has 1 aromatic heterocycles. The quantitative estimate of drug-likeness (QED) is 0.203. The summed E-state index contributed by atoms with van der Waals surface area (Å²) in [6.45, 7) is 9.29. The molecule has 0 radical (unpaired) electrons. The predicted molar refractivity (Wildman–Crippen MR) is 136 cm³/mol. The number of aliphatic hydroxyl groups excluding tert-OH is 1. The van der Waals surface area contributed by atoms with E-state index < -0.39 is 0 Å². The average Bonchev–Trinajstić information content (AvgIpc) is 2.72. The van der Waals surface area contributed by atoms with Crippen molar-refractivity contribution in [2.45, 2.75) is 34.6 Å².